The first-order chi connectivity index (χ1) is 4.36. The zero-order valence-corrected chi connectivity index (χ0v) is 6.47. The molecule has 2 heterocycles. The normalized spacial score (nSPS) is 44.7. The lowest BCUT2D eigenvalue weighted by Gasteiger charge is -2.23. The van der Waals surface area contributed by atoms with Gasteiger partial charge in [0, 0.05) is 0 Å². The van der Waals surface area contributed by atoms with E-state index in [2.05, 4.69) is 0 Å². The summed E-state index contributed by atoms with van der Waals surface area (Å²) in [4.78, 5) is 0. The van der Waals surface area contributed by atoms with Gasteiger partial charge in [0.25, 0.3) is 0 Å². The minimum absolute atomic E-state index is 0. The molecule has 0 unspecified atom stereocenters. The first-order valence-electron chi connectivity index (χ1n) is 3.39. The first-order valence-corrected chi connectivity index (χ1v) is 3.39. The van der Waals surface area contributed by atoms with Crippen LogP contribution in [0.3, 0.4) is 0 Å². The maximum Gasteiger partial charge on any atom is 0.173 e. The summed E-state index contributed by atoms with van der Waals surface area (Å²) in [6, 6.07) is 0.115. The highest BCUT2D eigenvalue weighted by atomic mass is 35.5. The number of ether oxygens (including phenoxy) is 2. The van der Waals surface area contributed by atoms with E-state index in [-0.39, 0.29) is 24.7 Å². The predicted octanol–water partition coefficient (Wildman–Crippen LogP) is 0.271. The quantitative estimate of drug-likeness (QED) is 0.561. The highest BCUT2D eigenvalue weighted by Crippen LogP contribution is 2.25. The molecule has 2 aliphatic heterocycles. The van der Waals surface area contributed by atoms with Crippen LogP contribution >= 0.6 is 12.4 Å². The number of fused-ring (bicyclic) bond motifs is 2. The Labute approximate surface area is 66.3 Å². The summed E-state index contributed by atoms with van der Waals surface area (Å²) in [5.74, 6) is 0. The third kappa shape index (κ3) is 1.27. The van der Waals surface area contributed by atoms with Crippen molar-refractivity contribution < 1.29 is 9.47 Å². The summed E-state index contributed by atoms with van der Waals surface area (Å²) in [6.07, 6.45) is 2.37. The molecule has 2 rings (SSSR count). The fraction of sp³-hybridized carbons (Fsp3) is 1.00. The molecule has 0 aromatic carbocycles. The van der Waals surface area contributed by atoms with Crippen molar-refractivity contribution in [2.45, 2.75) is 31.3 Å². The van der Waals surface area contributed by atoms with Crippen molar-refractivity contribution in [3.8, 4) is 0 Å². The van der Waals surface area contributed by atoms with E-state index in [1.807, 2.05) is 0 Å². The van der Waals surface area contributed by atoms with Crippen molar-refractivity contribution in [3.05, 3.63) is 0 Å². The topological polar surface area (TPSA) is 44.5 Å². The Morgan fingerprint density at radius 3 is 2.80 bits per heavy atom. The number of nitrogens with two attached hydrogens (primary N) is 1. The summed E-state index contributed by atoms with van der Waals surface area (Å²) in [7, 11) is 0. The summed E-state index contributed by atoms with van der Waals surface area (Å²) >= 11 is 0. The highest BCUT2D eigenvalue weighted by Gasteiger charge is 2.35. The Morgan fingerprint density at radius 1 is 1.30 bits per heavy atom. The molecule has 10 heavy (non-hydrogen) atoms. The lowest BCUT2D eigenvalue weighted by molar-refractivity contribution is -0.0942. The molecule has 0 radical (unpaired) electrons. The molecule has 0 aliphatic carbocycles. The van der Waals surface area contributed by atoms with Crippen molar-refractivity contribution in [1.29, 1.82) is 0 Å². The van der Waals surface area contributed by atoms with Crippen LogP contribution in [0.15, 0.2) is 0 Å². The Morgan fingerprint density at radius 2 is 2.10 bits per heavy atom. The molecule has 2 N–H and O–H groups in total. The van der Waals surface area contributed by atoms with Crippen molar-refractivity contribution in [2.75, 3.05) is 6.61 Å². The van der Waals surface area contributed by atoms with Crippen LogP contribution in [-0.2, 0) is 9.47 Å². The Hall–Kier alpha value is 0.170. The third-order valence-electron chi connectivity index (χ3n) is 1.94. The fourth-order valence-corrected chi connectivity index (χ4v) is 1.36. The van der Waals surface area contributed by atoms with Crippen LogP contribution in [0.4, 0.5) is 0 Å². The summed E-state index contributed by atoms with van der Waals surface area (Å²) < 4.78 is 10.6. The first kappa shape index (κ1) is 8.27. The molecule has 0 aromatic rings. The standard InChI is InChI=1S/C6H11NO2.ClH/c7-5-2-1-4-3-8-6(5)9-4;/h4-6H,1-3,7H2;1H/t4-,5+,6+;/m0./s1. The molecule has 2 fully saturated rings. The SMILES string of the molecule is Cl.N[C@@H]1CC[C@H]2CO[C@@H]1O2. The van der Waals surface area contributed by atoms with E-state index in [0.717, 1.165) is 19.4 Å². The van der Waals surface area contributed by atoms with Crippen molar-refractivity contribution in [2.24, 2.45) is 5.73 Å². The van der Waals surface area contributed by atoms with Crippen LogP contribution in [0, 0.1) is 0 Å². The van der Waals surface area contributed by atoms with E-state index < -0.39 is 0 Å². The van der Waals surface area contributed by atoms with Gasteiger partial charge >= 0.3 is 0 Å². The lowest BCUT2D eigenvalue weighted by Crippen LogP contribution is -2.39. The Balaban J connectivity index is 0.000000500. The summed E-state index contributed by atoms with van der Waals surface area (Å²) in [5.41, 5.74) is 5.67. The van der Waals surface area contributed by atoms with Gasteiger partial charge < -0.3 is 15.2 Å². The molecule has 2 aliphatic rings. The van der Waals surface area contributed by atoms with Crippen LogP contribution in [0.1, 0.15) is 12.8 Å². The second-order valence-electron chi connectivity index (χ2n) is 2.70. The van der Waals surface area contributed by atoms with Gasteiger partial charge in [0.1, 0.15) is 0 Å². The minimum atomic E-state index is -0.0938. The average Bonchev–Trinajstić information content (AvgIpc) is 2.25. The van der Waals surface area contributed by atoms with E-state index in [0.29, 0.717) is 6.10 Å². The monoisotopic (exact) mass is 165 g/mol. The highest BCUT2D eigenvalue weighted by molar-refractivity contribution is 5.85. The van der Waals surface area contributed by atoms with Gasteiger partial charge in [0.05, 0.1) is 18.8 Å². The van der Waals surface area contributed by atoms with E-state index in [1.54, 1.807) is 0 Å². The lowest BCUT2D eigenvalue weighted by atomic mass is 10.1. The predicted molar refractivity (Wildman–Crippen MR) is 39.1 cm³/mol. The molecule has 0 amide bonds. The van der Waals surface area contributed by atoms with Gasteiger partial charge in [-0.2, -0.15) is 0 Å². The van der Waals surface area contributed by atoms with Crippen LogP contribution in [-0.4, -0.2) is 25.0 Å². The third-order valence-corrected chi connectivity index (χ3v) is 1.94. The van der Waals surface area contributed by atoms with Gasteiger partial charge in [0.15, 0.2) is 6.29 Å². The molecule has 60 valence electrons. The van der Waals surface area contributed by atoms with E-state index in [1.165, 1.54) is 0 Å². The fourth-order valence-electron chi connectivity index (χ4n) is 1.36. The molecule has 0 aromatic heterocycles. The molecule has 2 saturated heterocycles. The second kappa shape index (κ2) is 3.05. The molecule has 2 bridgehead atoms. The maximum absolute atomic E-state index is 5.67. The average molecular weight is 166 g/mol. The molecular weight excluding hydrogens is 154 g/mol. The van der Waals surface area contributed by atoms with E-state index >= 15 is 0 Å². The molecule has 3 atom stereocenters. The zero-order chi connectivity index (χ0) is 6.27. The van der Waals surface area contributed by atoms with Gasteiger partial charge in [-0.1, -0.05) is 0 Å². The zero-order valence-electron chi connectivity index (χ0n) is 5.66. The molecular formula is C6H12ClNO2. The molecule has 0 saturated carbocycles. The van der Waals surface area contributed by atoms with E-state index in [4.69, 9.17) is 15.2 Å². The number of halogens is 1. The Kier molecular flexibility index (Phi) is 2.52. The van der Waals surface area contributed by atoms with Crippen LogP contribution in [0.2, 0.25) is 0 Å². The number of hydrogen-bond acceptors (Lipinski definition) is 3. The van der Waals surface area contributed by atoms with Gasteiger partial charge in [0.2, 0.25) is 0 Å². The molecule has 3 nitrogen and oxygen atoms in total. The second-order valence-corrected chi connectivity index (χ2v) is 2.70. The van der Waals surface area contributed by atoms with Gasteiger partial charge in [-0.3, -0.25) is 0 Å². The van der Waals surface area contributed by atoms with Crippen LogP contribution in [0.5, 0.6) is 0 Å². The van der Waals surface area contributed by atoms with Crippen molar-refractivity contribution >= 4 is 12.4 Å². The summed E-state index contributed by atoms with van der Waals surface area (Å²) in [6.45, 7) is 0.748. The number of hydrogen-bond donors (Lipinski definition) is 1. The van der Waals surface area contributed by atoms with Crippen LogP contribution in [0.25, 0.3) is 0 Å². The maximum atomic E-state index is 5.67. The van der Waals surface area contributed by atoms with Gasteiger partial charge in [-0.15, -0.1) is 12.4 Å². The minimum Gasteiger partial charge on any atom is -0.348 e. The molecule has 4 heteroatoms. The Bertz CT molecular complexity index is 122. The van der Waals surface area contributed by atoms with Crippen molar-refractivity contribution in [3.63, 3.8) is 0 Å². The smallest absolute Gasteiger partial charge is 0.173 e. The number of rotatable bonds is 0. The van der Waals surface area contributed by atoms with Gasteiger partial charge in [-0.05, 0) is 12.8 Å². The largest absolute Gasteiger partial charge is 0.348 e. The molecule has 0 spiro atoms. The summed E-state index contributed by atoms with van der Waals surface area (Å²) in [5, 5.41) is 0. The van der Waals surface area contributed by atoms with Gasteiger partial charge in [-0.25, -0.2) is 0 Å². The van der Waals surface area contributed by atoms with Crippen LogP contribution < -0.4 is 5.73 Å². The van der Waals surface area contributed by atoms with E-state index in [9.17, 15) is 0 Å². The van der Waals surface area contributed by atoms with Crippen molar-refractivity contribution in [1.82, 2.24) is 0 Å².